The molecule has 0 aliphatic heterocycles. The first-order valence-electron chi connectivity index (χ1n) is 9.74. The highest BCUT2D eigenvalue weighted by Gasteiger charge is 2.21. The Balaban J connectivity index is 1.67. The van der Waals surface area contributed by atoms with Crippen molar-refractivity contribution in [3.8, 4) is 0 Å². The predicted octanol–water partition coefficient (Wildman–Crippen LogP) is 3.88. The molecule has 0 fully saturated rings. The van der Waals surface area contributed by atoms with Crippen molar-refractivity contribution in [2.45, 2.75) is 13.5 Å². The summed E-state index contributed by atoms with van der Waals surface area (Å²) in [5.41, 5.74) is 1.46. The van der Waals surface area contributed by atoms with E-state index in [0.29, 0.717) is 12.2 Å². The number of nitrogens with one attached hydrogen (secondary N) is 2. The molecule has 0 saturated heterocycles. The molecule has 1 aromatic heterocycles. The summed E-state index contributed by atoms with van der Waals surface area (Å²) < 4.78 is 26.5. The molecule has 0 unspecified atom stereocenters. The normalized spacial score (nSPS) is 10.4. The number of hydrogen-bond donors (Lipinski definition) is 2. The van der Waals surface area contributed by atoms with E-state index in [1.807, 2.05) is 0 Å². The SMILES string of the molecule is CCN(CC(=O)NCc1ccc(F)cc1)C(=O)c1cccnc1Nc1cccc(F)c1. The number of carbonyl (C=O) groups is 2. The maximum atomic E-state index is 13.5. The molecule has 2 aromatic carbocycles. The summed E-state index contributed by atoms with van der Waals surface area (Å²) in [5, 5.41) is 5.67. The Morgan fingerprint density at radius 3 is 2.48 bits per heavy atom. The van der Waals surface area contributed by atoms with E-state index in [2.05, 4.69) is 15.6 Å². The van der Waals surface area contributed by atoms with Crippen LogP contribution in [0.3, 0.4) is 0 Å². The molecule has 0 aliphatic carbocycles. The number of rotatable bonds is 8. The number of likely N-dealkylation sites (N-methyl/N-ethyl adjacent to an activating group) is 1. The van der Waals surface area contributed by atoms with E-state index in [1.54, 1.807) is 43.3 Å². The van der Waals surface area contributed by atoms with Crippen molar-refractivity contribution in [3.63, 3.8) is 0 Å². The molecule has 8 heteroatoms. The van der Waals surface area contributed by atoms with Gasteiger partial charge >= 0.3 is 0 Å². The van der Waals surface area contributed by atoms with E-state index in [9.17, 15) is 18.4 Å². The van der Waals surface area contributed by atoms with Gasteiger partial charge in [-0.3, -0.25) is 9.59 Å². The number of amides is 2. The number of pyridine rings is 1. The van der Waals surface area contributed by atoms with Crippen LogP contribution < -0.4 is 10.6 Å². The van der Waals surface area contributed by atoms with E-state index in [1.165, 1.54) is 35.4 Å². The number of nitrogens with zero attached hydrogens (tertiary/aromatic N) is 2. The Morgan fingerprint density at radius 2 is 1.77 bits per heavy atom. The van der Waals surface area contributed by atoms with E-state index in [-0.39, 0.29) is 42.1 Å². The molecule has 0 bridgehead atoms. The lowest BCUT2D eigenvalue weighted by atomic mass is 10.2. The fourth-order valence-corrected chi connectivity index (χ4v) is 2.91. The summed E-state index contributed by atoms with van der Waals surface area (Å²) in [6.07, 6.45) is 1.52. The molecule has 0 atom stereocenters. The summed E-state index contributed by atoms with van der Waals surface area (Å²) in [5.74, 6) is -1.23. The van der Waals surface area contributed by atoms with Gasteiger partial charge in [0.15, 0.2) is 0 Å². The first-order chi connectivity index (χ1) is 15.0. The zero-order valence-corrected chi connectivity index (χ0v) is 16.9. The summed E-state index contributed by atoms with van der Waals surface area (Å²) in [6, 6.07) is 14.8. The lowest BCUT2D eigenvalue weighted by molar-refractivity contribution is -0.121. The van der Waals surface area contributed by atoms with Crippen molar-refractivity contribution in [2.24, 2.45) is 0 Å². The first kappa shape index (κ1) is 21.9. The summed E-state index contributed by atoms with van der Waals surface area (Å²) >= 11 is 0. The molecular weight excluding hydrogens is 402 g/mol. The minimum absolute atomic E-state index is 0.148. The molecule has 31 heavy (non-hydrogen) atoms. The van der Waals surface area contributed by atoms with Gasteiger partial charge in [0.2, 0.25) is 5.91 Å². The van der Waals surface area contributed by atoms with Gasteiger partial charge in [0, 0.05) is 25.0 Å². The lowest BCUT2D eigenvalue weighted by Gasteiger charge is -2.21. The highest BCUT2D eigenvalue weighted by Crippen LogP contribution is 2.20. The van der Waals surface area contributed by atoms with Gasteiger partial charge in [-0.2, -0.15) is 0 Å². The van der Waals surface area contributed by atoms with Crippen LogP contribution in [0.1, 0.15) is 22.8 Å². The summed E-state index contributed by atoms with van der Waals surface area (Å²) in [7, 11) is 0. The van der Waals surface area contributed by atoms with Gasteiger partial charge in [-0.25, -0.2) is 13.8 Å². The summed E-state index contributed by atoms with van der Waals surface area (Å²) in [6.45, 7) is 2.15. The largest absolute Gasteiger partial charge is 0.350 e. The van der Waals surface area contributed by atoms with Crippen LogP contribution in [0.4, 0.5) is 20.3 Å². The highest BCUT2D eigenvalue weighted by molar-refractivity contribution is 6.00. The molecule has 2 N–H and O–H groups in total. The number of halogens is 2. The predicted molar refractivity (Wildman–Crippen MR) is 114 cm³/mol. The zero-order valence-electron chi connectivity index (χ0n) is 16.9. The third-order valence-electron chi connectivity index (χ3n) is 4.53. The average molecular weight is 424 g/mol. The summed E-state index contributed by atoms with van der Waals surface area (Å²) in [4.78, 5) is 31.0. The van der Waals surface area contributed by atoms with Crippen molar-refractivity contribution in [3.05, 3.63) is 89.6 Å². The van der Waals surface area contributed by atoms with E-state index < -0.39 is 5.82 Å². The smallest absolute Gasteiger partial charge is 0.258 e. The highest BCUT2D eigenvalue weighted by atomic mass is 19.1. The molecule has 6 nitrogen and oxygen atoms in total. The second kappa shape index (κ2) is 10.3. The number of benzene rings is 2. The quantitative estimate of drug-likeness (QED) is 0.576. The molecule has 0 aliphatic rings. The maximum absolute atomic E-state index is 13.5. The average Bonchev–Trinajstić information content (AvgIpc) is 2.77. The fraction of sp³-hybridized carbons (Fsp3) is 0.174. The number of anilines is 2. The molecule has 1 heterocycles. The molecular formula is C23H22F2N4O2. The molecule has 2 amide bonds. The Hall–Kier alpha value is -3.81. The van der Waals surface area contributed by atoms with Crippen molar-refractivity contribution in [2.75, 3.05) is 18.4 Å². The van der Waals surface area contributed by atoms with Crippen LogP contribution in [0.2, 0.25) is 0 Å². The van der Waals surface area contributed by atoms with Gasteiger partial charge in [-0.05, 0) is 55.0 Å². The van der Waals surface area contributed by atoms with Crippen molar-refractivity contribution in [1.82, 2.24) is 15.2 Å². The third-order valence-corrected chi connectivity index (χ3v) is 4.53. The van der Waals surface area contributed by atoms with Crippen LogP contribution in [-0.2, 0) is 11.3 Å². The van der Waals surface area contributed by atoms with Crippen LogP contribution in [0, 0.1) is 11.6 Å². The lowest BCUT2D eigenvalue weighted by Crippen LogP contribution is -2.40. The monoisotopic (exact) mass is 424 g/mol. The molecule has 3 aromatic rings. The Bertz CT molecular complexity index is 1060. The van der Waals surface area contributed by atoms with Gasteiger partial charge in [0.1, 0.15) is 17.5 Å². The van der Waals surface area contributed by atoms with Gasteiger partial charge in [-0.1, -0.05) is 18.2 Å². The minimum Gasteiger partial charge on any atom is -0.350 e. The van der Waals surface area contributed by atoms with E-state index >= 15 is 0 Å². The number of carbonyl (C=O) groups excluding carboxylic acids is 2. The zero-order chi connectivity index (χ0) is 22.2. The second-order valence-electron chi connectivity index (χ2n) is 6.76. The Kier molecular flexibility index (Phi) is 7.26. The standard InChI is InChI=1S/C23H22F2N4O2/c1-2-29(15-21(30)27-14-16-8-10-17(24)11-9-16)23(31)20-7-4-12-26-22(20)28-19-6-3-5-18(25)13-19/h3-13H,2,14-15H2,1H3,(H,26,28)(H,27,30). The van der Waals surface area contributed by atoms with Crippen molar-refractivity contribution >= 4 is 23.3 Å². The van der Waals surface area contributed by atoms with Crippen molar-refractivity contribution in [1.29, 1.82) is 0 Å². The number of aromatic nitrogens is 1. The van der Waals surface area contributed by atoms with Crippen LogP contribution in [0.5, 0.6) is 0 Å². The van der Waals surface area contributed by atoms with Gasteiger partial charge in [-0.15, -0.1) is 0 Å². The minimum atomic E-state index is -0.415. The van der Waals surface area contributed by atoms with Crippen LogP contribution >= 0.6 is 0 Å². The van der Waals surface area contributed by atoms with Gasteiger partial charge in [0.05, 0.1) is 12.1 Å². The number of hydrogen-bond acceptors (Lipinski definition) is 4. The van der Waals surface area contributed by atoms with E-state index in [0.717, 1.165) is 5.56 Å². The van der Waals surface area contributed by atoms with Crippen LogP contribution in [-0.4, -0.2) is 34.8 Å². The first-order valence-corrected chi connectivity index (χ1v) is 9.74. The topological polar surface area (TPSA) is 74.3 Å². The van der Waals surface area contributed by atoms with Gasteiger partial charge < -0.3 is 15.5 Å². The second-order valence-corrected chi connectivity index (χ2v) is 6.76. The molecule has 160 valence electrons. The molecule has 3 rings (SSSR count). The maximum Gasteiger partial charge on any atom is 0.258 e. The van der Waals surface area contributed by atoms with Crippen molar-refractivity contribution < 1.29 is 18.4 Å². The van der Waals surface area contributed by atoms with E-state index in [4.69, 9.17) is 0 Å². The van der Waals surface area contributed by atoms with Crippen LogP contribution in [0.15, 0.2) is 66.9 Å². The molecule has 0 saturated carbocycles. The van der Waals surface area contributed by atoms with Crippen LogP contribution in [0.25, 0.3) is 0 Å². The third kappa shape index (κ3) is 6.08. The fourth-order valence-electron chi connectivity index (χ4n) is 2.91. The molecule has 0 spiro atoms. The Labute approximate surface area is 178 Å². The molecule has 0 radical (unpaired) electrons. The van der Waals surface area contributed by atoms with Gasteiger partial charge in [0.25, 0.3) is 5.91 Å². The Morgan fingerprint density at radius 1 is 1.00 bits per heavy atom.